The molecule has 0 bridgehead atoms. The highest BCUT2D eigenvalue weighted by atomic mass is 31.2. The van der Waals surface area contributed by atoms with Gasteiger partial charge >= 0.3 is 39.5 Å². The fourth-order valence-corrected chi connectivity index (χ4v) is 13.5. The first kappa shape index (κ1) is 94.1. The Morgan fingerprint density at radius 1 is 0.281 bits per heavy atom. The Hall–Kier alpha value is -1.94. The van der Waals surface area contributed by atoms with Crippen LogP contribution in [0.15, 0.2) is 0 Å². The van der Waals surface area contributed by atoms with Crippen molar-refractivity contribution in [2.45, 2.75) is 425 Å². The summed E-state index contributed by atoms with van der Waals surface area (Å²) in [6.07, 6.45) is 60.2. The van der Waals surface area contributed by atoms with Crippen molar-refractivity contribution in [3.05, 3.63) is 0 Å². The summed E-state index contributed by atoms with van der Waals surface area (Å²) in [4.78, 5) is 72.5. The number of aliphatic hydroxyl groups excluding tert-OH is 1. The molecule has 17 nitrogen and oxygen atoms in total. The number of ether oxygens (including phenoxy) is 4. The number of esters is 4. The lowest BCUT2D eigenvalue weighted by Crippen LogP contribution is -2.30. The predicted molar refractivity (Wildman–Crippen MR) is 391 cm³/mol. The van der Waals surface area contributed by atoms with E-state index in [0.717, 1.165) is 102 Å². The van der Waals surface area contributed by atoms with Crippen molar-refractivity contribution >= 4 is 39.5 Å². The zero-order chi connectivity index (χ0) is 70.5. The minimum atomic E-state index is -4.96. The average Bonchev–Trinajstić information content (AvgIpc) is 3.69. The molecule has 0 saturated heterocycles. The minimum Gasteiger partial charge on any atom is -0.462 e. The van der Waals surface area contributed by atoms with Gasteiger partial charge in [-0.1, -0.05) is 356 Å². The van der Waals surface area contributed by atoms with Gasteiger partial charge in [0.1, 0.15) is 19.3 Å². The van der Waals surface area contributed by atoms with Crippen molar-refractivity contribution < 1.29 is 80.2 Å². The van der Waals surface area contributed by atoms with Gasteiger partial charge in [0.15, 0.2) is 12.2 Å². The predicted octanol–water partition coefficient (Wildman–Crippen LogP) is 22.9. The van der Waals surface area contributed by atoms with Crippen molar-refractivity contribution in [3.8, 4) is 0 Å². The van der Waals surface area contributed by atoms with Gasteiger partial charge in [-0.05, 0) is 31.6 Å². The van der Waals surface area contributed by atoms with Gasteiger partial charge < -0.3 is 33.8 Å². The summed E-state index contributed by atoms with van der Waals surface area (Å²) < 4.78 is 68.3. The minimum absolute atomic E-state index is 0.106. The van der Waals surface area contributed by atoms with Gasteiger partial charge in [0.2, 0.25) is 0 Å². The number of hydrogen-bond donors (Lipinski definition) is 3. The van der Waals surface area contributed by atoms with E-state index in [2.05, 4.69) is 34.6 Å². The zero-order valence-corrected chi connectivity index (χ0v) is 64.3. The highest BCUT2D eigenvalue weighted by Crippen LogP contribution is 2.45. The lowest BCUT2D eigenvalue weighted by Gasteiger charge is -2.21. The first-order valence-corrected chi connectivity index (χ1v) is 43.1. The van der Waals surface area contributed by atoms with E-state index < -0.39 is 97.5 Å². The number of unbranched alkanes of at least 4 members (excludes halogenated alkanes) is 49. The summed E-state index contributed by atoms with van der Waals surface area (Å²) in [5.74, 6) is -1.30. The van der Waals surface area contributed by atoms with Gasteiger partial charge in [-0.2, -0.15) is 0 Å². The van der Waals surface area contributed by atoms with Gasteiger partial charge in [0.05, 0.1) is 26.4 Å². The second-order valence-electron chi connectivity index (χ2n) is 28.2. The largest absolute Gasteiger partial charge is 0.472 e. The molecule has 0 saturated carbocycles. The molecule has 0 aliphatic carbocycles. The molecule has 0 amide bonds. The van der Waals surface area contributed by atoms with Crippen LogP contribution in [-0.2, 0) is 65.4 Å². The van der Waals surface area contributed by atoms with Gasteiger partial charge in [0.25, 0.3) is 0 Å². The molecule has 0 aromatic carbocycles. The van der Waals surface area contributed by atoms with Gasteiger partial charge in [-0.15, -0.1) is 0 Å². The van der Waals surface area contributed by atoms with Crippen LogP contribution < -0.4 is 0 Å². The smallest absolute Gasteiger partial charge is 0.462 e. The van der Waals surface area contributed by atoms with Crippen LogP contribution in [0.4, 0.5) is 0 Å². The van der Waals surface area contributed by atoms with E-state index in [-0.39, 0.29) is 25.7 Å². The maximum Gasteiger partial charge on any atom is 0.472 e. The van der Waals surface area contributed by atoms with Crippen molar-refractivity contribution in [2.75, 3.05) is 39.6 Å². The molecule has 96 heavy (non-hydrogen) atoms. The molecule has 0 spiro atoms. The van der Waals surface area contributed by atoms with E-state index in [1.807, 2.05) is 0 Å². The average molecular weight is 1410 g/mol. The molecule has 0 aliphatic heterocycles. The summed E-state index contributed by atoms with van der Waals surface area (Å²) in [5.41, 5.74) is 0. The Morgan fingerprint density at radius 3 is 0.708 bits per heavy atom. The third-order valence-corrected chi connectivity index (χ3v) is 19.9. The van der Waals surface area contributed by atoms with Gasteiger partial charge in [0, 0.05) is 25.7 Å². The van der Waals surface area contributed by atoms with Crippen LogP contribution in [0.3, 0.4) is 0 Å². The summed E-state index contributed by atoms with van der Waals surface area (Å²) in [6.45, 7) is 7.24. The third kappa shape index (κ3) is 70.5. The van der Waals surface area contributed by atoms with Crippen molar-refractivity contribution in [1.29, 1.82) is 0 Å². The number of phosphoric acid groups is 2. The van der Waals surface area contributed by atoms with Crippen LogP contribution in [0.25, 0.3) is 0 Å². The molecule has 0 radical (unpaired) electrons. The molecule has 0 heterocycles. The Labute approximate surface area is 588 Å². The monoisotopic (exact) mass is 1410 g/mol. The second-order valence-corrected chi connectivity index (χ2v) is 31.1. The van der Waals surface area contributed by atoms with E-state index in [9.17, 15) is 43.2 Å². The maximum absolute atomic E-state index is 13.1. The van der Waals surface area contributed by atoms with Gasteiger partial charge in [-0.3, -0.25) is 37.3 Å². The van der Waals surface area contributed by atoms with E-state index in [1.54, 1.807) is 0 Å². The number of hydrogen-bond acceptors (Lipinski definition) is 15. The molecule has 3 N–H and O–H groups in total. The molecular weight excluding hydrogens is 1260 g/mol. The molecular formula is C77H150O17P2. The summed E-state index contributed by atoms with van der Waals surface area (Å²) in [7, 11) is -9.90. The van der Waals surface area contributed by atoms with Crippen LogP contribution in [0.2, 0.25) is 0 Å². The molecule has 2 unspecified atom stereocenters. The molecule has 0 aromatic heterocycles. The first-order valence-electron chi connectivity index (χ1n) is 40.1. The van der Waals surface area contributed by atoms with Crippen LogP contribution >= 0.6 is 15.6 Å². The highest BCUT2D eigenvalue weighted by molar-refractivity contribution is 7.47. The molecule has 0 fully saturated rings. The van der Waals surface area contributed by atoms with E-state index in [4.69, 9.17) is 37.0 Å². The Balaban J connectivity index is 5.11. The van der Waals surface area contributed by atoms with E-state index >= 15 is 0 Å². The van der Waals surface area contributed by atoms with Crippen molar-refractivity contribution in [2.24, 2.45) is 5.92 Å². The first-order chi connectivity index (χ1) is 46.5. The lowest BCUT2D eigenvalue weighted by molar-refractivity contribution is -0.161. The Morgan fingerprint density at radius 2 is 0.479 bits per heavy atom. The molecule has 0 aliphatic rings. The highest BCUT2D eigenvalue weighted by Gasteiger charge is 2.30. The number of carbonyl (C=O) groups is 4. The summed E-state index contributed by atoms with van der Waals surface area (Å²) in [6, 6.07) is 0. The maximum atomic E-state index is 13.1. The topological polar surface area (TPSA) is 237 Å². The van der Waals surface area contributed by atoms with Crippen molar-refractivity contribution in [1.82, 2.24) is 0 Å². The number of rotatable bonds is 77. The third-order valence-electron chi connectivity index (χ3n) is 18.0. The number of phosphoric ester groups is 2. The fourth-order valence-electron chi connectivity index (χ4n) is 11.9. The van der Waals surface area contributed by atoms with Crippen LogP contribution in [0.1, 0.15) is 407 Å². The zero-order valence-electron chi connectivity index (χ0n) is 62.5. The molecule has 0 aromatic rings. The molecule has 0 rings (SSSR count). The quantitative estimate of drug-likeness (QED) is 0.0222. The molecule has 19 heteroatoms. The molecule has 5 atom stereocenters. The van der Waals surface area contributed by atoms with Crippen LogP contribution in [0, 0.1) is 5.92 Å². The van der Waals surface area contributed by atoms with Gasteiger partial charge in [-0.25, -0.2) is 9.13 Å². The summed E-state index contributed by atoms with van der Waals surface area (Å²) in [5, 5.41) is 10.6. The SMILES string of the molecule is CCCCCCCCCCCCCCCCCCCCCC(=O)OC[C@H](COP(=O)(O)OC[C@@H](O)COP(=O)(O)OC[C@@H](COC(=O)CCCCCCC)OC(=O)CCCCCCCCCCCCC)OC(=O)CCCCCCCCCCCCCCCCCCCCC(C)C. The lowest BCUT2D eigenvalue weighted by atomic mass is 10.0. The van der Waals surface area contributed by atoms with E-state index in [0.29, 0.717) is 25.7 Å². The Bertz CT molecular complexity index is 1840. The van der Waals surface area contributed by atoms with Crippen LogP contribution in [0.5, 0.6) is 0 Å². The van der Waals surface area contributed by atoms with Crippen LogP contribution in [-0.4, -0.2) is 96.7 Å². The fraction of sp³-hybridized carbons (Fsp3) is 0.948. The standard InChI is InChI=1S/C77H150O17P2/c1-6-9-12-15-17-19-21-22-23-24-25-29-32-35-39-42-46-51-56-61-75(80)88-67-73(94-77(82)63-58-53-48-44-40-36-33-30-27-26-28-31-34-38-41-45-50-54-59-70(4)5)69-92-96(85,86)90-65-71(78)64-89-95(83,84)91-68-72(66-87-74(79)60-55-49-14-11-8-3)93-76(81)62-57-52-47-43-37-20-18-16-13-10-7-2/h70-73,78H,6-69H2,1-5H3,(H,83,84)(H,85,86)/t71-,72+,73+/m0/s1. The number of aliphatic hydroxyl groups is 1. The number of carbonyl (C=O) groups excluding carboxylic acids is 4. The summed E-state index contributed by atoms with van der Waals surface area (Å²) >= 11 is 0. The molecule has 570 valence electrons. The second kappa shape index (κ2) is 70.1. The normalized spacial score (nSPS) is 13.9. The van der Waals surface area contributed by atoms with E-state index in [1.165, 1.54) is 225 Å². The Kier molecular flexibility index (Phi) is 68.7. The van der Waals surface area contributed by atoms with Crippen molar-refractivity contribution in [3.63, 3.8) is 0 Å².